The van der Waals surface area contributed by atoms with Gasteiger partial charge in [-0.15, -0.1) is 0 Å². The van der Waals surface area contributed by atoms with E-state index in [0.717, 1.165) is 55.6 Å². The minimum absolute atomic E-state index is 0.0766. The minimum atomic E-state index is -0.0766. The molecule has 1 fully saturated rings. The second-order valence-electron chi connectivity index (χ2n) is 7.48. The molecular formula is C23H30BrN3O2. The summed E-state index contributed by atoms with van der Waals surface area (Å²) in [4.78, 5) is 17.5. The van der Waals surface area contributed by atoms with E-state index in [4.69, 9.17) is 4.74 Å². The monoisotopic (exact) mass is 459 g/mol. The van der Waals surface area contributed by atoms with Crippen molar-refractivity contribution in [3.05, 3.63) is 64.1 Å². The van der Waals surface area contributed by atoms with Crippen LogP contribution in [0.4, 0.5) is 0 Å². The average Bonchev–Trinajstić information content (AvgIpc) is 2.74. The molecule has 156 valence electrons. The predicted molar refractivity (Wildman–Crippen MR) is 120 cm³/mol. The number of nitrogens with one attached hydrogen (secondary N) is 1. The van der Waals surface area contributed by atoms with E-state index in [1.165, 1.54) is 0 Å². The van der Waals surface area contributed by atoms with Crippen LogP contribution in [0.3, 0.4) is 0 Å². The first-order chi connectivity index (χ1) is 14.1. The van der Waals surface area contributed by atoms with Gasteiger partial charge in [-0.2, -0.15) is 0 Å². The number of nitrogens with zero attached hydrogens (tertiary/aromatic N) is 2. The molecule has 1 aliphatic rings. The van der Waals surface area contributed by atoms with Gasteiger partial charge in [-0.1, -0.05) is 46.3 Å². The van der Waals surface area contributed by atoms with Crippen molar-refractivity contribution in [2.45, 2.75) is 19.4 Å². The van der Waals surface area contributed by atoms with Gasteiger partial charge in [0.15, 0.2) is 0 Å². The second kappa shape index (κ2) is 11.3. The summed E-state index contributed by atoms with van der Waals surface area (Å²) < 4.78 is 6.94. The van der Waals surface area contributed by atoms with Gasteiger partial charge >= 0.3 is 0 Å². The first kappa shape index (κ1) is 21.8. The molecule has 0 atom stereocenters. The van der Waals surface area contributed by atoms with Gasteiger partial charge in [0.2, 0.25) is 0 Å². The van der Waals surface area contributed by atoms with Gasteiger partial charge in [0.1, 0.15) is 12.4 Å². The molecule has 1 saturated heterocycles. The molecule has 0 spiro atoms. The molecule has 2 aromatic carbocycles. The third-order valence-electron chi connectivity index (χ3n) is 5.26. The van der Waals surface area contributed by atoms with Gasteiger partial charge in [-0.05, 0) is 44.6 Å². The molecular weight excluding hydrogens is 430 g/mol. The predicted octanol–water partition coefficient (Wildman–Crippen LogP) is 3.79. The third-order valence-corrected chi connectivity index (χ3v) is 6.03. The largest absolute Gasteiger partial charge is 0.488 e. The van der Waals surface area contributed by atoms with Crippen LogP contribution in [-0.4, -0.2) is 62.0 Å². The minimum Gasteiger partial charge on any atom is -0.488 e. The van der Waals surface area contributed by atoms with E-state index >= 15 is 0 Å². The summed E-state index contributed by atoms with van der Waals surface area (Å²) in [6.07, 6.45) is 2.09. The van der Waals surface area contributed by atoms with E-state index in [2.05, 4.69) is 38.1 Å². The number of hydrogen-bond donors (Lipinski definition) is 1. The molecule has 6 heteroatoms. The van der Waals surface area contributed by atoms with Crippen LogP contribution in [0.25, 0.3) is 0 Å². The van der Waals surface area contributed by atoms with E-state index in [9.17, 15) is 4.79 Å². The topological polar surface area (TPSA) is 44.8 Å². The maximum atomic E-state index is 12.6. The molecule has 0 aromatic heterocycles. The van der Waals surface area contributed by atoms with Crippen molar-refractivity contribution < 1.29 is 9.53 Å². The summed E-state index contributed by atoms with van der Waals surface area (Å²) >= 11 is 3.53. The maximum absolute atomic E-state index is 12.6. The molecule has 0 saturated carbocycles. The molecule has 1 aliphatic heterocycles. The van der Waals surface area contributed by atoms with Crippen LogP contribution in [0.15, 0.2) is 53.0 Å². The summed E-state index contributed by atoms with van der Waals surface area (Å²) in [5.41, 5.74) is 1.63. The highest BCUT2D eigenvalue weighted by Gasteiger charge is 2.14. The second-order valence-corrected chi connectivity index (χ2v) is 8.34. The summed E-state index contributed by atoms with van der Waals surface area (Å²) in [6.45, 7) is 6.79. The highest BCUT2D eigenvalue weighted by Crippen LogP contribution is 2.22. The Morgan fingerprint density at radius 3 is 2.55 bits per heavy atom. The normalized spacial score (nSPS) is 15.2. The first-order valence-electron chi connectivity index (χ1n) is 10.3. The lowest BCUT2D eigenvalue weighted by atomic mass is 10.1. The number of rotatable bonds is 9. The van der Waals surface area contributed by atoms with Gasteiger partial charge in [0.05, 0.1) is 5.56 Å². The van der Waals surface area contributed by atoms with Crippen LogP contribution in [0.5, 0.6) is 5.75 Å². The number of halogens is 1. The molecule has 0 unspecified atom stereocenters. The molecule has 5 nitrogen and oxygen atoms in total. The Kier molecular flexibility index (Phi) is 8.52. The summed E-state index contributed by atoms with van der Waals surface area (Å²) in [6, 6.07) is 15.4. The summed E-state index contributed by atoms with van der Waals surface area (Å²) in [5, 5.41) is 3.04. The Morgan fingerprint density at radius 2 is 1.76 bits per heavy atom. The van der Waals surface area contributed by atoms with Gasteiger partial charge in [0.25, 0.3) is 5.91 Å². The molecule has 0 bridgehead atoms. The number of piperazine rings is 1. The van der Waals surface area contributed by atoms with Crippen LogP contribution in [0.2, 0.25) is 0 Å². The lowest BCUT2D eigenvalue weighted by Crippen LogP contribution is -2.44. The van der Waals surface area contributed by atoms with Crippen molar-refractivity contribution >= 4 is 21.8 Å². The average molecular weight is 460 g/mol. The van der Waals surface area contributed by atoms with Crippen molar-refractivity contribution in [3.8, 4) is 5.75 Å². The zero-order valence-electron chi connectivity index (χ0n) is 17.1. The number of unbranched alkanes of at least 4 members (excludes halogenated alkanes) is 1. The van der Waals surface area contributed by atoms with Crippen molar-refractivity contribution in [3.63, 3.8) is 0 Å². The lowest BCUT2D eigenvalue weighted by molar-refractivity contribution is 0.0947. The Bertz CT molecular complexity index is 791. The number of hydrogen-bond acceptors (Lipinski definition) is 4. The molecule has 1 heterocycles. The van der Waals surface area contributed by atoms with Crippen LogP contribution in [0.1, 0.15) is 28.8 Å². The van der Waals surface area contributed by atoms with Crippen molar-refractivity contribution in [1.82, 2.24) is 15.1 Å². The number of carbonyl (C=O) groups excluding carboxylic acids is 1. The van der Waals surface area contributed by atoms with Gasteiger partial charge in [-0.25, -0.2) is 0 Å². The lowest BCUT2D eigenvalue weighted by Gasteiger charge is -2.32. The fourth-order valence-electron chi connectivity index (χ4n) is 3.38. The number of ether oxygens (including phenoxy) is 1. The van der Waals surface area contributed by atoms with Gasteiger partial charge in [-0.3, -0.25) is 4.79 Å². The summed E-state index contributed by atoms with van der Waals surface area (Å²) in [7, 11) is 2.17. The number of amides is 1. The van der Waals surface area contributed by atoms with Crippen molar-refractivity contribution in [2.75, 3.05) is 46.3 Å². The molecule has 29 heavy (non-hydrogen) atoms. The zero-order valence-corrected chi connectivity index (χ0v) is 18.7. The zero-order chi connectivity index (χ0) is 20.5. The van der Waals surface area contributed by atoms with Crippen molar-refractivity contribution in [1.29, 1.82) is 0 Å². The standard InChI is InChI=1S/C23H30BrN3O2/c1-26-14-16-27(17-15-26)13-7-6-12-25-23(28)20-9-3-5-11-22(20)29-18-19-8-2-4-10-21(19)24/h2-5,8-11H,6-7,12-18H2,1H3,(H,25,28). The maximum Gasteiger partial charge on any atom is 0.255 e. The van der Waals surface area contributed by atoms with E-state index in [0.29, 0.717) is 24.5 Å². The molecule has 0 aliphatic carbocycles. The smallest absolute Gasteiger partial charge is 0.255 e. The molecule has 2 aromatic rings. The highest BCUT2D eigenvalue weighted by atomic mass is 79.9. The number of para-hydroxylation sites is 1. The van der Waals surface area contributed by atoms with Crippen molar-refractivity contribution in [2.24, 2.45) is 0 Å². The number of benzene rings is 2. The number of likely N-dealkylation sites (N-methyl/N-ethyl adjacent to an activating group) is 1. The van der Waals surface area contributed by atoms with E-state index in [-0.39, 0.29) is 5.91 Å². The summed E-state index contributed by atoms with van der Waals surface area (Å²) in [5.74, 6) is 0.533. The van der Waals surface area contributed by atoms with E-state index in [1.54, 1.807) is 0 Å². The fourth-order valence-corrected chi connectivity index (χ4v) is 3.78. The molecule has 1 N–H and O–H groups in total. The van der Waals surface area contributed by atoms with Crippen LogP contribution in [-0.2, 0) is 6.61 Å². The van der Waals surface area contributed by atoms with Crippen LogP contribution in [0, 0.1) is 0 Å². The Labute approximate surface area is 182 Å². The van der Waals surface area contributed by atoms with Crippen LogP contribution >= 0.6 is 15.9 Å². The van der Waals surface area contributed by atoms with E-state index < -0.39 is 0 Å². The first-order valence-corrected chi connectivity index (χ1v) is 11.1. The highest BCUT2D eigenvalue weighted by molar-refractivity contribution is 9.10. The molecule has 3 rings (SSSR count). The van der Waals surface area contributed by atoms with Gasteiger partial charge < -0.3 is 19.9 Å². The Morgan fingerprint density at radius 1 is 1.03 bits per heavy atom. The SMILES string of the molecule is CN1CCN(CCCCNC(=O)c2ccccc2OCc2ccccc2Br)CC1. The third kappa shape index (κ3) is 6.84. The Balaban J connectivity index is 1.43. The molecule has 1 amide bonds. The van der Waals surface area contributed by atoms with Crippen LogP contribution < -0.4 is 10.1 Å². The fraction of sp³-hybridized carbons (Fsp3) is 0.435. The van der Waals surface area contributed by atoms with Gasteiger partial charge in [0, 0.05) is 42.8 Å². The van der Waals surface area contributed by atoms with E-state index in [1.807, 2.05) is 48.5 Å². The Hall–Kier alpha value is -1.89. The molecule has 0 radical (unpaired) electrons. The quantitative estimate of drug-likeness (QED) is 0.579. The number of carbonyl (C=O) groups is 1.